The Labute approximate surface area is 153 Å². The number of carbonyl (C=O) groups is 1. The summed E-state index contributed by atoms with van der Waals surface area (Å²) in [6, 6.07) is 13.9. The van der Waals surface area contributed by atoms with E-state index < -0.39 is 0 Å². The molecule has 1 amide bonds. The molecule has 2 heterocycles. The van der Waals surface area contributed by atoms with Crippen LogP contribution in [0.1, 0.15) is 22.3 Å². The molecule has 0 radical (unpaired) electrons. The maximum Gasteiger partial charge on any atom is 0.252 e. The van der Waals surface area contributed by atoms with Crippen molar-refractivity contribution in [1.29, 1.82) is 0 Å². The Balaban J connectivity index is 1.45. The van der Waals surface area contributed by atoms with Crippen molar-refractivity contribution < 1.29 is 4.79 Å². The van der Waals surface area contributed by atoms with Crippen molar-refractivity contribution in [2.45, 2.75) is 12.8 Å². The summed E-state index contributed by atoms with van der Waals surface area (Å²) < 4.78 is 1.66. The largest absolute Gasteiger partial charge is 0.378 e. The Hall–Kier alpha value is -3.15. The van der Waals surface area contributed by atoms with Crippen molar-refractivity contribution in [2.75, 3.05) is 25.5 Å². The maximum atomic E-state index is 12.2. The number of rotatable bonds is 7. The summed E-state index contributed by atoms with van der Waals surface area (Å²) in [5.74, 6) is 0.584. The zero-order valence-corrected chi connectivity index (χ0v) is 15.1. The summed E-state index contributed by atoms with van der Waals surface area (Å²) in [7, 11) is 4.06. The molecule has 0 aliphatic heterocycles. The van der Waals surface area contributed by atoms with Crippen LogP contribution >= 0.6 is 0 Å². The van der Waals surface area contributed by atoms with E-state index >= 15 is 0 Å². The van der Waals surface area contributed by atoms with E-state index in [1.54, 1.807) is 29.2 Å². The molecule has 0 aliphatic carbocycles. The van der Waals surface area contributed by atoms with Gasteiger partial charge in [0.15, 0.2) is 5.82 Å². The third-order valence-electron chi connectivity index (χ3n) is 4.13. The molecule has 0 unspecified atom stereocenters. The Morgan fingerprint density at radius 1 is 1.15 bits per heavy atom. The number of nitrogens with one attached hydrogen (secondary N) is 1. The molecule has 6 heteroatoms. The van der Waals surface area contributed by atoms with Gasteiger partial charge < -0.3 is 10.2 Å². The third-order valence-corrected chi connectivity index (χ3v) is 4.13. The molecule has 2 aromatic heterocycles. The van der Waals surface area contributed by atoms with Crippen molar-refractivity contribution in [3.8, 4) is 5.82 Å². The monoisotopic (exact) mass is 349 g/mol. The lowest BCUT2D eigenvalue weighted by Gasteiger charge is -2.12. The number of pyridine rings is 1. The fourth-order valence-corrected chi connectivity index (χ4v) is 2.62. The number of hydrogen-bond acceptors (Lipinski definition) is 4. The zero-order valence-electron chi connectivity index (χ0n) is 15.1. The van der Waals surface area contributed by atoms with Crippen molar-refractivity contribution >= 4 is 11.6 Å². The Morgan fingerprint density at radius 3 is 2.58 bits per heavy atom. The Kier molecular flexibility index (Phi) is 5.63. The van der Waals surface area contributed by atoms with E-state index in [9.17, 15) is 4.79 Å². The van der Waals surface area contributed by atoms with Gasteiger partial charge >= 0.3 is 0 Å². The van der Waals surface area contributed by atoms with Crippen LogP contribution in [0.4, 0.5) is 5.69 Å². The van der Waals surface area contributed by atoms with Crippen molar-refractivity contribution in [2.24, 2.45) is 0 Å². The highest BCUT2D eigenvalue weighted by Gasteiger charge is 2.06. The fraction of sp³-hybridized carbons (Fsp3) is 0.250. The molecular weight excluding hydrogens is 326 g/mol. The van der Waals surface area contributed by atoms with E-state index in [-0.39, 0.29) is 5.91 Å². The zero-order chi connectivity index (χ0) is 18.4. The number of aryl methyl sites for hydroxylation is 1. The van der Waals surface area contributed by atoms with Gasteiger partial charge in [0.1, 0.15) is 0 Å². The first-order valence-electron chi connectivity index (χ1n) is 8.64. The summed E-state index contributed by atoms with van der Waals surface area (Å²) >= 11 is 0. The molecule has 0 aliphatic rings. The third kappa shape index (κ3) is 4.47. The van der Waals surface area contributed by atoms with Gasteiger partial charge in [0.05, 0.1) is 5.56 Å². The number of nitrogens with zero attached hydrogens (tertiary/aromatic N) is 4. The van der Waals surface area contributed by atoms with Gasteiger partial charge in [-0.25, -0.2) is 9.67 Å². The van der Waals surface area contributed by atoms with Crippen LogP contribution in [0.3, 0.4) is 0 Å². The van der Waals surface area contributed by atoms with E-state index in [2.05, 4.69) is 44.6 Å². The number of benzene rings is 1. The van der Waals surface area contributed by atoms with Crippen molar-refractivity contribution in [1.82, 2.24) is 20.1 Å². The quantitative estimate of drug-likeness (QED) is 0.666. The lowest BCUT2D eigenvalue weighted by molar-refractivity contribution is 0.0953. The van der Waals surface area contributed by atoms with Gasteiger partial charge in [-0.3, -0.25) is 4.79 Å². The van der Waals surface area contributed by atoms with Crippen LogP contribution < -0.4 is 10.2 Å². The average molecular weight is 349 g/mol. The van der Waals surface area contributed by atoms with Crippen LogP contribution in [-0.4, -0.2) is 41.3 Å². The standard InChI is InChI=1S/C20H23N5O/c1-24(2)18-9-6-16(7-10-18)5-3-12-21-20(26)17-8-11-19(22-15-17)25-14-4-13-23-25/h4,6-11,13-15H,3,5,12H2,1-2H3,(H,21,26). The molecule has 0 saturated heterocycles. The van der Waals surface area contributed by atoms with Gasteiger partial charge in [0.25, 0.3) is 5.91 Å². The summed E-state index contributed by atoms with van der Waals surface area (Å²) in [6.07, 6.45) is 6.91. The summed E-state index contributed by atoms with van der Waals surface area (Å²) in [5.41, 5.74) is 3.01. The first kappa shape index (κ1) is 17.7. The van der Waals surface area contributed by atoms with E-state index in [4.69, 9.17) is 0 Å². The average Bonchev–Trinajstić information content (AvgIpc) is 3.20. The summed E-state index contributed by atoms with van der Waals surface area (Å²) in [5, 5.41) is 7.06. The molecule has 3 rings (SSSR count). The molecule has 1 N–H and O–H groups in total. The minimum Gasteiger partial charge on any atom is -0.378 e. The van der Waals surface area contributed by atoms with Gasteiger partial charge in [0.2, 0.25) is 0 Å². The smallest absolute Gasteiger partial charge is 0.252 e. The SMILES string of the molecule is CN(C)c1ccc(CCCNC(=O)c2ccc(-n3cccn3)nc2)cc1. The molecule has 0 spiro atoms. The maximum absolute atomic E-state index is 12.2. The van der Waals surface area contributed by atoms with E-state index in [0.717, 1.165) is 12.8 Å². The van der Waals surface area contributed by atoms with Crippen LogP contribution in [0.15, 0.2) is 61.1 Å². The molecule has 0 saturated carbocycles. The molecular formula is C20H23N5O. The summed E-state index contributed by atoms with van der Waals surface area (Å²) in [4.78, 5) is 18.5. The molecule has 0 atom stereocenters. The van der Waals surface area contributed by atoms with Crippen molar-refractivity contribution in [3.63, 3.8) is 0 Å². The van der Waals surface area contributed by atoms with Gasteiger partial charge in [-0.05, 0) is 48.7 Å². The molecule has 1 aromatic carbocycles. The fourth-order valence-electron chi connectivity index (χ4n) is 2.62. The number of amides is 1. The second-order valence-electron chi connectivity index (χ2n) is 6.28. The minimum absolute atomic E-state index is 0.104. The first-order chi connectivity index (χ1) is 12.6. The topological polar surface area (TPSA) is 63.1 Å². The van der Waals surface area contributed by atoms with Crippen LogP contribution in [0.5, 0.6) is 0 Å². The van der Waals surface area contributed by atoms with Crippen LogP contribution in [0.25, 0.3) is 5.82 Å². The molecule has 0 bridgehead atoms. The van der Waals surface area contributed by atoms with Crippen LogP contribution in [0, 0.1) is 0 Å². The van der Waals surface area contributed by atoms with Gasteiger partial charge in [-0.1, -0.05) is 12.1 Å². The number of aromatic nitrogens is 3. The Morgan fingerprint density at radius 2 is 1.96 bits per heavy atom. The second kappa shape index (κ2) is 8.29. The second-order valence-corrected chi connectivity index (χ2v) is 6.28. The van der Waals surface area contributed by atoms with E-state index in [0.29, 0.717) is 17.9 Å². The van der Waals surface area contributed by atoms with Gasteiger partial charge in [-0.2, -0.15) is 5.10 Å². The first-order valence-corrected chi connectivity index (χ1v) is 8.64. The molecule has 134 valence electrons. The van der Waals surface area contributed by atoms with Crippen LogP contribution in [0.2, 0.25) is 0 Å². The Bertz CT molecular complexity index is 824. The van der Waals surface area contributed by atoms with Crippen molar-refractivity contribution in [3.05, 3.63) is 72.2 Å². The number of carbonyl (C=O) groups excluding carboxylic acids is 1. The number of anilines is 1. The molecule has 3 aromatic rings. The van der Waals surface area contributed by atoms with Crippen LogP contribution in [-0.2, 0) is 6.42 Å². The lowest BCUT2D eigenvalue weighted by Crippen LogP contribution is -2.25. The molecule has 6 nitrogen and oxygen atoms in total. The molecule has 0 fully saturated rings. The highest BCUT2D eigenvalue weighted by molar-refractivity contribution is 5.93. The number of hydrogen-bond donors (Lipinski definition) is 1. The highest BCUT2D eigenvalue weighted by Crippen LogP contribution is 2.13. The lowest BCUT2D eigenvalue weighted by atomic mass is 10.1. The normalized spacial score (nSPS) is 10.5. The molecule has 26 heavy (non-hydrogen) atoms. The van der Waals surface area contributed by atoms with E-state index in [1.165, 1.54) is 11.3 Å². The summed E-state index contributed by atoms with van der Waals surface area (Å²) in [6.45, 7) is 0.634. The predicted octanol–water partition coefficient (Wildman–Crippen LogP) is 2.70. The van der Waals surface area contributed by atoms with Gasteiger partial charge in [0, 0.05) is 44.9 Å². The van der Waals surface area contributed by atoms with Gasteiger partial charge in [-0.15, -0.1) is 0 Å². The predicted molar refractivity (Wildman–Crippen MR) is 103 cm³/mol. The minimum atomic E-state index is -0.104. The van der Waals surface area contributed by atoms with E-state index in [1.807, 2.05) is 26.4 Å². The highest BCUT2D eigenvalue weighted by atomic mass is 16.1.